The van der Waals surface area contributed by atoms with Gasteiger partial charge in [0.05, 0.1) is 5.02 Å². The lowest BCUT2D eigenvalue weighted by atomic mass is 9.93. The lowest BCUT2D eigenvalue weighted by Crippen LogP contribution is -2.39. The van der Waals surface area contributed by atoms with Gasteiger partial charge in [-0.25, -0.2) is 4.39 Å². The second-order valence-corrected chi connectivity index (χ2v) is 6.22. The van der Waals surface area contributed by atoms with E-state index in [2.05, 4.69) is 4.98 Å². The van der Waals surface area contributed by atoms with Gasteiger partial charge < -0.3 is 15.0 Å². The number of H-pyrrole nitrogens is 1. The Morgan fingerprint density at radius 2 is 2.04 bits per heavy atom. The van der Waals surface area contributed by atoms with Crippen molar-refractivity contribution in [3.63, 3.8) is 0 Å². The Labute approximate surface area is 137 Å². The fourth-order valence-electron chi connectivity index (χ4n) is 3.02. The van der Waals surface area contributed by atoms with Gasteiger partial charge in [0, 0.05) is 30.4 Å². The Bertz CT molecular complexity index is 766. The zero-order valence-corrected chi connectivity index (χ0v) is 13.1. The molecule has 0 atom stereocenters. The maximum absolute atomic E-state index is 13.3. The standard InChI is InChI=1S/C16H16ClFN2O3/c17-14-11-8-10(18)1-2-12(11)19-15(14)16(23)20-5-3-9(4-6-20)7-13(21)22/h1-2,8-9,19H,3-7H2,(H,21,22). The van der Waals surface area contributed by atoms with Gasteiger partial charge in [0.2, 0.25) is 0 Å². The van der Waals surface area contributed by atoms with Crippen molar-refractivity contribution in [1.82, 2.24) is 9.88 Å². The number of nitrogens with zero attached hydrogens (tertiary/aromatic N) is 1. The third-order valence-electron chi connectivity index (χ3n) is 4.28. The zero-order chi connectivity index (χ0) is 16.6. The molecule has 2 heterocycles. The average molecular weight is 339 g/mol. The first-order valence-corrected chi connectivity index (χ1v) is 7.81. The van der Waals surface area contributed by atoms with Crippen molar-refractivity contribution in [2.75, 3.05) is 13.1 Å². The summed E-state index contributed by atoms with van der Waals surface area (Å²) in [5.41, 5.74) is 0.865. The van der Waals surface area contributed by atoms with Crippen LogP contribution in [-0.4, -0.2) is 40.0 Å². The molecule has 3 rings (SSSR count). The van der Waals surface area contributed by atoms with Crippen molar-refractivity contribution in [2.24, 2.45) is 5.92 Å². The number of amides is 1. The van der Waals surface area contributed by atoms with E-state index in [1.807, 2.05) is 0 Å². The van der Waals surface area contributed by atoms with Crippen LogP contribution in [-0.2, 0) is 4.79 Å². The lowest BCUT2D eigenvalue weighted by Gasteiger charge is -2.31. The van der Waals surface area contributed by atoms with E-state index in [4.69, 9.17) is 16.7 Å². The van der Waals surface area contributed by atoms with Gasteiger partial charge in [0.15, 0.2) is 0 Å². The fourth-order valence-corrected chi connectivity index (χ4v) is 3.31. The summed E-state index contributed by atoms with van der Waals surface area (Å²) in [6, 6.07) is 4.15. The van der Waals surface area contributed by atoms with Gasteiger partial charge in [0.25, 0.3) is 5.91 Å². The number of benzene rings is 1. The molecular weight excluding hydrogens is 323 g/mol. The Hall–Kier alpha value is -2.08. The average Bonchev–Trinajstić information content (AvgIpc) is 2.84. The van der Waals surface area contributed by atoms with Crippen molar-refractivity contribution in [3.05, 3.63) is 34.7 Å². The van der Waals surface area contributed by atoms with Crippen LogP contribution in [0.1, 0.15) is 29.8 Å². The molecule has 1 aromatic heterocycles. The van der Waals surface area contributed by atoms with Crippen molar-refractivity contribution >= 4 is 34.4 Å². The van der Waals surface area contributed by atoms with Crippen molar-refractivity contribution in [3.8, 4) is 0 Å². The zero-order valence-electron chi connectivity index (χ0n) is 12.3. The highest BCUT2D eigenvalue weighted by atomic mass is 35.5. The smallest absolute Gasteiger partial charge is 0.303 e. The highest BCUT2D eigenvalue weighted by molar-refractivity contribution is 6.38. The topological polar surface area (TPSA) is 73.4 Å². The monoisotopic (exact) mass is 338 g/mol. The molecule has 0 radical (unpaired) electrons. The number of piperidine rings is 1. The van der Waals surface area contributed by atoms with E-state index in [-0.39, 0.29) is 29.0 Å². The highest BCUT2D eigenvalue weighted by Crippen LogP contribution is 2.30. The van der Waals surface area contributed by atoms with Crippen LogP contribution in [0.2, 0.25) is 5.02 Å². The number of hydrogen-bond donors (Lipinski definition) is 2. The van der Waals surface area contributed by atoms with Crippen molar-refractivity contribution in [2.45, 2.75) is 19.3 Å². The maximum atomic E-state index is 13.3. The second kappa shape index (κ2) is 6.20. The van der Waals surface area contributed by atoms with E-state index in [1.54, 1.807) is 11.0 Å². The Morgan fingerprint density at radius 1 is 1.35 bits per heavy atom. The van der Waals surface area contributed by atoms with E-state index >= 15 is 0 Å². The van der Waals surface area contributed by atoms with E-state index < -0.39 is 11.8 Å². The van der Waals surface area contributed by atoms with Crippen LogP contribution >= 0.6 is 11.6 Å². The number of carboxylic acids is 1. The van der Waals surface area contributed by atoms with Crippen molar-refractivity contribution < 1.29 is 19.1 Å². The largest absolute Gasteiger partial charge is 0.481 e. The van der Waals surface area contributed by atoms with E-state index in [9.17, 15) is 14.0 Å². The molecule has 0 spiro atoms. The summed E-state index contributed by atoms with van der Waals surface area (Å²) in [6.45, 7) is 0.994. The van der Waals surface area contributed by atoms with Crippen LogP contribution in [0.4, 0.5) is 4.39 Å². The van der Waals surface area contributed by atoms with Crippen molar-refractivity contribution in [1.29, 1.82) is 0 Å². The number of halogens is 2. The Balaban J connectivity index is 1.76. The molecule has 1 aliphatic rings. The molecule has 0 unspecified atom stereocenters. The minimum Gasteiger partial charge on any atom is -0.481 e. The number of carboxylic acid groups (broad SMARTS) is 1. The van der Waals surface area contributed by atoms with Gasteiger partial charge in [-0.1, -0.05) is 11.6 Å². The van der Waals surface area contributed by atoms with Gasteiger partial charge >= 0.3 is 5.97 Å². The number of fused-ring (bicyclic) bond motifs is 1. The van der Waals surface area contributed by atoms with Gasteiger partial charge in [-0.05, 0) is 37.0 Å². The fraction of sp³-hybridized carbons (Fsp3) is 0.375. The molecule has 23 heavy (non-hydrogen) atoms. The molecule has 122 valence electrons. The number of aromatic amines is 1. The van der Waals surface area contributed by atoms with Crippen LogP contribution in [0.25, 0.3) is 10.9 Å². The van der Waals surface area contributed by atoms with Gasteiger partial charge in [-0.3, -0.25) is 9.59 Å². The van der Waals surface area contributed by atoms with Crippen LogP contribution in [0, 0.1) is 11.7 Å². The molecule has 2 N–H and O–H groups in total. The van der Waals surface area contributed by atoms with Crippen LogP contribution < -0.4 is 0 Å². The van der Waals surface area contributed by atoms with Gasteiger partial charge in [-0.15, -0.1) is 0 Å². The lowest BCUT2D eigenvalue weighted by molar-refractivity contribution is -0.138. The summed E-state index contributed by atoms with van der Waals surface area (Å²) >= 11 is 6.22. The van der Waals surface area contributed by atoms with Crippen LogP contribution in [0.5, 0.6) is 0 Å². The second-order valence-electron chi connectivity index (χ2n) is 5.84. The molecule has 1 amide bonds. The Kier molecular flexibility index (Phi) is 4.26. The number of carbonyl (C=O) groups is 2. The van der Waals surface area contributed by atoms with Gasteiger partial charge in [-0.2, -0.15) is 0 Å². The first kappa shape index (κ1) is 15.8. The predicted molar refractivity (Wildman–Crippen MR) is 84.1 cm³/mol. The number of aliphatic carboxylic acids is 1. The molecule has 5 nitrogen and oxygen atoms in total. The predicted octanol–water partition coefficient (Wildman–Crippen LogP) is 3.29. The minimum absolute atomic E-state index is 0.101. The number of hydrogen-bond acceptors (Lipinski definition) is 2. The Morgan fingerprint density at radius 3 is 2.70 bits per heavy atom. The summed E-state index contributed by atoms with van der Waals surface area (Å²) in [5, 5.41) is 9.53. The number of aromatic nitrogens is 1. The summed E-state index contributed by atoms with van der Waals surface area (Å²) in [6.07, 6.45) is 1.45. The van der Waals surface area contributed by atoms with Crippen LogP contribution in [0.15, 0.2) is 18.2 Å². The maximum Gasteiger partial charge on any atom is 0.303 e. The summed E-state index contributed by atoms with van der Waals surface area (Å²) in [5.74, 6) is -1.36. The van der Waals surface area contributed by atoms with Crippen LogP contribution in [0.3, 0.4) is 0 Å². The number of likely N-dealkylation sites (tertiary alicyclic amines) is 1. The molecular formula is C16H16ClFN2O3. The van der Waals surface area contributed by atoms with E-state index in [1.165, 1.54) is 12.1 Å². The molecule has 2 aromatic rings. The molecule has 0 aliphatic carbocycles. The number of carbonyl (C=O) groups excluding carboxylic acids is 1. The SMILES string of the molecule is O=C(O)CC1CCN(C(=O)c2[nH]c3ccc(F)cc3c2Cl)CC1. The molecule has 1 aliphatic heterocycles. The molecule has 0 bridgehead atoms. The van der Waals surface area contributed by atoms with Gasteiger partial charge in [0.1, 0.15) is 11.5 Å². The normalized spacial score (nSPS) is 16.0. The molecule has 7 heteroatoms. The summed E-state index contributed by atoms with van der Waals surface area (Å²) in [7, 11) is 0. The minimum atomic E-state index is -0.810. The highest BCUT2D eigenvalue weighted by Gasteiger charge is 2.27. The summed E-state index contributed by atoms with van der Waals surface area (Å²) < 4.78 is 13.3. The third kappa shape index (κ3) is 3.17. The summed E-state index contributed by atoms with van der Waals surface area (Å²) in [4.78, 5) is 28.0. The molecule has 1 saturated heterocycles. The number of nitrogens with one attached hydrogen (secondary N) is 1. The third-order valence-corrected chi connectivity index (χ3v) is 4.67. The molecule has 1 fully saturated rings. The van der Waals surface area contributed by atoms with E-state index in [0.717, 1.165) is 0 Å². The number of rotatable bonds is 3. The molecule has 1 aromatic carbocycles. The first-order chi connectivity index (χ1) is 11.0. The first-order valence-electron chi connectivity index (χ1n) is 7.43. The molecule has 0 saturated carbocycles. The van der Waals surface area contributed by atoms with E-state index in [0.29, 0.717) is 36.8 Å². The quantitative estimate of drug-likeness (QED) is 0.902.